The quantitative estimate of drug-likeness (QED) is 0.780. The molecule has 21 heavy (non-hydrogen) atoms. The van der Waals surface area contributed by atoms with Gasteiger partial charge in [0.1, 0.15) is 0 Å². The van der Waals surface area contributed by atoms with Crippen LogP contribution in [0.15, 0.2) is 5.38 Å². The molecule has 2 heterocycles. The van der Waals surface area contributed by atoms with Crippen molar-refractivity contribution < 1.29 is 9.53 Å². The van der Waals surface area contributed by atoms with Gasteiger partial charge in [0.2, 0.25) is 0 Å². The van der Waals surface area contributed by atoms with Gasteiger partial charge in [-0.3, -0.25) is 9.69 Å². The highest BCUT2D eigenvalue weighted by Crippen LogP contribution is 2.27. The number of anilines is 1. The molecule has 0 aliphatic carbocycles. The summed E-state index contributed by atoms with van der Waals surface area (Å²) in [6, 6.07) is 0. The van der Waals surface area contributed by atoms with Crippen LogP contribution in [0, 0.1) is 0 Å². The fourth-order valence-electron chi connectivity index (χ4n) is 2.42. The Morgan fingerprint density at radius 3 is 2.90 bits per heavy atom. The minimum Gasteiger partial charge on any atom is -0.466 e. The molecule has 0 atom stereocenters. The van der Waals surface area contributed by atoms with Gasteiger partial charge in [-0.25, -0.2) is 4.98 Å². The van der Waals surface area contributed by atoms with Crippen LogP contribution in [0.4, 0.5) is 5.13 Å². The molecule has 0 N–H and O–H groups in total. The molecule has 6 heteroatoms. The lowest BCUT2D eigenvalue weighted by Crippen LogP contribution is -2.57. The number of hydrogen-bond donors (Lipinski definition) is 0. The van der Waals surface area contributed by atoms with Crippen LogP contribution < -0.4 is 4.90 Å². The van der Waals surface area contributed by atoms with E-state index < -0.39 is 0 Å². The summed E-state index contributed by atoms with van der Waals surface area (Å²) >= 11 is 1.67. The maximum Gasteiger partial charge on any atom is 0.306 e. The monoisotopic (exact) mass is 311 g/mol. The number of aromatic nitrogens is 1. The summed E-state index contributed by atoms with van der Waals surface area (Å²) < 4.78 is 4.95. The van der Waals surface area contributed by atoms with E-state index in [0.717, 1.165) is 30.5 Å². The molecular weight excluding hydrogens is 286 g/mol. The Balaban J connectivity index is 1.92. The van der Waals surface area contributed by atoms with Gasteiger partial charge in [-0.05, 0) is 27.8 Å². The summed E-state index contributed by atoms with van der Waals surface area (Å²) in [6.07, 6.45) is 1.07. The molecule has 1 aromatic heterocycles. The molecule has 1 saturated heterocycles. The Morgan fingerprint density at radius 1 is 1.48 bits per heavy atom. The second-order valence-electron chi connectivity index (χ2n) is 6.08. The normalized spacial score (nSPS) is 18.8. The number of aryl methyl sites for hydroxylation is 1. The van der Waals surface area contributed by atoms with Crippen LogP contribution in [0.25, 0.3) is 0 Å². The van der Waals surface area contributed by atoms with E-state index in [-0.39, 0.29) is 11.5 Å². The number of carbonyl (C=O) groups is 1. The predicted octanol–water partition coefficient (Wildman–Crippen LogP) is 2.17. The van der Waals surface area contributed by atoms with E-state index in [2.05, 4.69) is 41.1 Å². The molecule has 0 spiro atoms. The number of nitrogens with zero attached hydrogens (tertiary/aromatic N) is 3. The van der Waals surface area contributed by atoms with Crippen LogP contribution in [0.1, 0.15) is 32.9 Å². The fourth-order valence-corrected chi connectivity index (χ4v) is 3.31. The summed E-state index contributed by atoms with van der Waals surface area (Å²) in [5.74, 6) is -0.146. The van der Waals surface area contributed by atoms with Gasteiger partial charge in [0.05, 0.1) is 18.7 Å². The summed E-state index contributed by atoms with van der Waals surface area (Å²) in [4.78, 5) is 20.8. The summed E-state index contributed by atoms with van der Waals surface area (Å²) in [6.45, 7) is 9.82. The first-order valence-electron chi connectivity index (χ1n) is 7.48. The SMILES string of the molecule is CCOC(=O)CCc1csc(N2CCN(C)C(C)(C)C2)n1. The van der Waals surface area contributed by atoms with E-state index >= 15 is 0 Å². The Hall–Kier alpha value is -1.14. The molecule has 0 amide bonds. The topological polar surface area (TPSA) is 45.7 Å². The van der Waals surface area contributed by atoms with E-state index in [0.29, 0.717) is 19.4 Å². The van der Waals surface area contributed by atoms with E-state index in [4.69, 9.17) is 4.74 Å². The lowest BCUT2D eigenvalue weighted by Gasteiger charge is -2.45. The lowest BCUT2D eigenvalue weighted by molar-refractivity contribution is -0.143. The Labute approximate surface area is 130 Å². The predicted molar refractivity (Wildman–Crippen MR) is 86.0 cm³/mol. The number of likely N-dealkylation sites (N-methyl/N-ethyl adjacent to an activating group) is 1. The van der Waals surface area contributed by atoms with Crippen molar-refractivity contribution in [2.24, 2.45) is 0 Å². The first-order chi connectivity index (χ1) is 9.92. The van der Waals surface area contributed by atoms with E-state index in [1.807, 2.05) is 6.92 Å². The van der Waals surface area contributed by atoms with Crippen LogP contribution >= 0.6 is 11.3 Å². The number of carbonyl (C=O) groups excluding carboxylic acids is 1. The van der Waals surface area contributed by atoms with Crippen molar-refractivity contribution in [1.82, 2.24) is 9.88 Å². The van der Waals surface area contributed by atoms with E-state index in [1.165, 1.54) is 0 Å². The number of piperazine rings is 1. The molecule has 1 aromatic rings. The van der Waals surface area contributed by atoms with Gasteiger partial charge in [0.25, 0.3) is 0 Å². The molecule has 0 bridgehead atoms. The molecule has 1 fully saturated rings. The van der Waals surface area contributed by atoms with Gasteiger partial charge >= 0.3 is 5.97 Å². The van der Waals surface area contributed by atoms with E-state index in [9.17, 15) is 4.79 Å². The molecule has 1 aliphatic rings. The molecule has 0 saturated carbocycles. The van der Waals surface area contributed by atoms with Gasteiger partial charge in [0.15, 0.2) is 5.13 Å². The van der Waals surface area contributed by atoms with Crippen LogP contribution in [0.3, 0.4) is 0 Å². The average Bonchev–Trinajstić information content (AvgIpc) is 2.89. The minimum atomic E-state index is -0.146. The summed E-state index contributed by atoms with van der Waals surface area (Å²) in [7, 11) is 2.17. The minimum absolute atomic E-state index is 0.146. The van der Waals surface area contributed by atoms with Gasteiger partial charge in [-0.15, -0.1) is 11.3 Å². The highest BCUT2D eigenvalue weighted by atomic mass is 32.1. The number of ether oxygens (including phenoxy) is 1. The van der Waals surface area contributed by atoms with Crippen molar-refractivity contribution in [2.75, 3.05) is 38.2 Å². The summed E-state index contributed by atoms with van der Waals surface area (Å²) in [5.41, 5.74) is 1.15. The van der Waals surface area contributed by atoms with Gasteiger partial charge < -0.3 is 9.64 Å². The lowest BCUT2D eigenvalue weighted by atomic mass is 10.0. The molecule has 1 aliphatic heterocycles. The van der Waals surface area contributed by atoms with Crippen LogP contribution in [0.2, 0.25) is 0 Å². The molecule has 0 aromatic carbocycles. The van der Waals surface area contributed by atoms with Gasteiger partial charge in [-0.1, -0.05) is 0 Å². The zero-order valence-electron chi connectivity index (χ0n) is 13.4. The van der Waals surface area contributed by atoms with E-state index in [1.54, 1.807) is 11.3 Å². The third kappa shape index (κ3) is 4.17. The van der Waals surface area contributed by atoms with Gasteiger partial charge in [-0.2, -0.15) is 0 Å². The summed E-state index contributed by atoms with van der Waals surface area (Å²) in [5, 5.41) is 3.12. The second-order valence-corrected chi connectivity index (χ2v) is 6.92. The number of hydrogen-bond acceptors (Lipinski definition) is 6. The number of esters is 1. The zero-order chi connectivity index (χ0) is 15.5. The standard InChI is InChI=1S/C15H25N3O2S/c1-5-20-13(19)7-6-12-10-21-14(16-12)18-9-8-17(4)15(2,3)11-18/h10H,5-9,11H2,1-4H3. The molecule has 0 radical (unpaired) electrons. The second kappa shape index (κ2) is 6.75. The number of thiazole rings is 1. The van der Waals surface area contributed by atoms with Crippen LogP contribution in [0.5, 0.6) is 0 Å². The van der Waals surface area contributed by atoms with Crippen molar-refractivity contribution >= 4 is 22.4 Å². The zero-order valence-corrected chi connectivity index (χ0v) is 14.2. The molecule has 2 rings (SSSR count). The molecule has 5 nitrogen and oxygen atoms in total. The first-order valence-corrected chi connectivity index (χ1v) is 8.36. The highest BCUT2D eigenvalue weighted by Gasteiger charge is 2.32. The van der Waals surface area contributed by atoms with Crippen LogP contribution in [-0.4, -0.2) is 54.7 Å². The third-order valence-corrected chi connectivity index (χ3v) is 4.97. The van der Waals surface area contributed by atoms with Crippen molar-refractivity contribution in [3.8, 4) is 0 Å². The molecule has 118 valence electrons. The Morgan fingerprint density at radius 2 is 2.24 bits per heavy atom. The Kier molecular flexibility index (Phi) is 5.22. The van der Waals surface area contributed by atoms with Gasteiger partial charge in [0, 0.05) is 37.0 Å². The third-order valence-electron chi connectivity index (χ3n) is 4.02. The average molecular weight is 311 g/mol. The highest BCUT2D eigenvalue weighted by molar-refractivity contribution is 7.13. The van der Waals surface area contributed by atoms with Crippen molar-refractivity contribution in [1.29, 1.82) is 0 Å². The van der Waals surface area contributed by atoms with Crippen LogP contribution in [-0.2, 0) is 16.0 Å². The fraction of sp³-hybridized carbons (Fsp3) is 0.733. The van der Waals surface area contributed by atoms with Crippen molar-refractivity contribution in [3.05, 3.63) is 11.1 Å². The maximum atomic E-state index is 11.4. The molecular formula is C15H25N3O2S. The van der Waals surface area contributed by atoms with Crippen molar-refractivity contribution in [2.45, 2.75) is 39.2 Å². The first kappa shape index (κ1) is 16.2. The largest absolute Gasteiger partial charge is 0.466 e. The van der Waals surface area contributed by atoms with Crippen molar-refractivity contribution in [3.63, 3.8) is 0 Å². The Bertz CT molecular complexity index is 487. The number of rotatable bonds is 5. The molecule has 0 unspecified atom stereocenters. The maximum absolute atomic E-state index is 11.4. The smallest absolute Gasteiger partial charge is 0.306 e.